The van der Waals surface area contributed by atoms with E-state index < -0.39 is 20.0 Å². The van der Waals surface area contributed by atoms with Crippen molar-refractivity contribution in [1.29, 1.82) is 0 Å². The maximum absolute atomic E-state index is 13.0. The molecule has 32 heavy (non-hydrogen) atoms. The van der Waals surface area contributed by atoms with Gasteiger partial charge in [0.2, 0.25) is 15.9 Å². The van der Waals surface area contributed by atoms with Crippen molar-refractivity contribution in [3.05, 3.63) is 48.5 Å². The van der Waals surface area contributed by atoms with Crippen LogP contribution in [0.1, 0.15) is 19.3 Å². The third-order valence-corrected chi connectivity index (χ3v) is 8.54. The normalized spacial score (nSPS) is 14.4. The molecule has 3 rings (SSSR count). The molecule has 0 saturated carbocycles. The second-order valence-corrected chi connectivity index (χ2v) is 11.1. The standard InChI is InChI=1S/C21H27N3O6S2/c1-23(32(28,29)17-8-4-3-5-9-17)19-16-18(10-11-20(19)30-2)31(26,27)22-13-12-21(25)24-14-6-7-15-24/h3-5,8-11,16,22H,6-7,12-15H2,1-2H3. The SMILES string of the molecule is COc1ccc(S(=O)(=O)NCCC(=O)N2CCCC2)cc1N(C)S(=O)(=O)c1ccccc1. The molecule has 1 saturated heterocycles. The van der Waals surface area contributed by atoms with Gasteiger partial charge in [-0.15, -0.1) is 0 Å². The van der Waals surface area contributed by atoms with Crippen molar-refractivity contribution in [3.8, 4) is 5.75 Å². The van der Waals surface area contributed by atoms with Gasteiger partial charge in [0.25, 0.3) is 10.0 Å². The van der Waals surface area contributed by atoms with Crippen LogP contribution < -0.4 is 13.8 Å². The van der Waals surface area contributed by atoms with E-state index in [0.717, 1.165) is 17.1 Å². The predicted molar refractivity (Wildman–Crippen MR) is 121 cm³/mol. The van der Waals surface area contributed by atoms with Crippen molar-refractivity contribution < 1.29 is 26.4 Å². The van der Waals surface area contributed by atoms with Crippen LogP contribution in [0.2, 0.25) is 0 Å². The molecule has 1 N–H and O–H groups in total. The molecule has 1 amide bonds. The molecule has 2 aromatic carbocycles. The molecule has 1 heterocycles. The van der Waals surface area contributed by atoms with Gasteiger partial charge < -0.3 is 9.64 Å². The summed E-state index contributed by atoms with van der Waals surface area (Å²) >= 11 is 0. The minimum Gasteiger partial charge on any atom is -0.495 e. The van der Waals surface area contributed by atoms with E-state index in [1.165, 1.54) is 44.5 Å². The highest BCUT2D eigenvalue weighted by Crippen LogP contribution is 2.33. The first-order valence-electron chi connectivity index (χ1n) is 10.2. The number of amides is 1. The van der Waals surface area contributed by atoms with Gasteiger partial charge in [-0.25, -0.2) is 21.6 Å². The minimum absolute atomic E-state index is 0.0445. The van der Waals surface area contributed by atoms with Gasteiger partial charge in [0.1, 0.15) is 5.75 Å². The van der Waals surface area contributed by atoms with Crippen molar-refractivity contribution >= 4 is 31.6 Å². The van der Waals surface area contributed by atoms with Gasteiger partial charge in [-0.2, -0.15) is 0 Å². The van der Waals surface area contributed by atoms with Crippen LogP contribution in [-0.4, -0.2) is 61.4 Å². The zero-order chi connectivity index (χ0) is 23.4. The van der Waals surface area contributed by atoms with Crippen molar-refractivity contribution in [1.82, 2.24) is 9.62 Å². The van der Waals surface area contributed by atoms with Crippen molar-refractivity contribution in [3.63, 3.8) is 0 Å². The van der Waals surface area contributed by atoms with E-state index in [-0.39, 0.29) is 40.1 Å². The fraction of sp³-hybridized carbons (Fsp3) is 0.381. The van der Waals surface area contributed by atoms with E-state index in [9.17, 15) is 21.6 Å². The largest absolute Gasteiger partial charge is 0.495 e. The van der Waals surface area contributed by atoms with E-state index in [1.54, 1.807) is 23.1 Å². The lowest BCUT2D eigenvalue weighted by Gasteiger charge is -2.22. The fourth-order valence-corrected chi connectivity index (χ4v) is 5.73. The fourth-order valence-electron chi connectivity index (χ4n) is 3.46. The number of nitrogens with one attached hydrogen (secondary N) is 1. The van der Waals surface area contributed by atoms with E-state index in [0.29, 0.717) is 13.1 Å². The topological polar surface area (TPSA) is 113 Å². The maximum Gasteiger partial charge on any atom is 0.264 e. The molecule has 2 aromatic rings. The lowest BCUT2D eigenvalue weighted by molar-refractivity contribution is -0.129. The highest BCUT2D eigenvalue weighted by atomic mass is 32.2. The predicted octanol–water partition coefficient (Wildman–Crippen LogP) is 1.81. The molecule has 0 spiro atoms. The second-order valence-electron chi connectivity index (χ2n) is 7.35. The molecular weight excluding hydrogens is 454 g/mol. The van der Waals surface area contributed by atoms with Crippen molar-refractivity contribution in [2.45, 2.75) is 29.1 Å². The Labute approximate surface area is 189 Å². The maximum atomic E-state index is 13.0. The zero-order valence-corrected chi connectivity index (χ0v) is 19.7. The van der Waals surface area contributed by atoms with Crippen LogP contribution in [0, 0.1) is 0 Å². The number of rotatable bonds is 9. The van der Waals surface area contributed by atoms with E-state index in [2.05, 4.69) is 4.72 Å². The van der Waals surface area contributed by atoms with E-state index >= 15 is 0 Å². The summed E-state index contributed by atoms with van der Waals surface area (Å²) in [5.74, 6) is 0.115. The molecule has 0 unspecified atom stereocenters. The first kappa shape index (κ1) is 24.0. The Bertz CT molecular complexity index is 1160. The zero-order valence-electron chi connectivity index (χ0n) is 18.0. The third kappa shape index (κ3) is 5.22. The summed E-state index contributed by atoms with van der Waals surface area (Å²) < 4.78 is 60.2. The quantitative estimate of drug-likeness (QED) is 0.585. The van der Waals surface area contributed by atoms with Crippen LogP contribution in [-0.2, 0) is 24.8 Å². The highest BCUT2D eigenvalue weighted by Gasteiger charge is 2.26. The number of benzene rings is 2. The van der Waals surface area contributed by atoms with Gasteiger partial charge in [-0.05, 0) is 43.2 Å². The summed E-state index contributed by atoms with van der Waals surface area (Å²) in [4.78, 5) is 13.8. The molecule has 1 aliphatic rings. The minimum atomic E-state index is -3.97. The van der Waals surface area contributed by atoms with E-state index in [4.69, 9.17) is 4.74 Å². The third-order valence-electron chi connectivity index (χ3n) is 5.29. The molecule has 0 radical (unpaired) electrons. The molecular formula is C21H27N3O6S2. The summed E-state index contributed by atoms with van der Waals surface area (Å²) in [6, 6.07) is 11.8. The number of hydrogen-bond acceptors (Lipinski definition) is 6. The summed E-state index contributed by atoms with van der Waals surface area (Å²) in [6.45, 7) is 1.36. The van der Waals surface area contributed by atoms with Crippen molar-refractivity contribution in [2.24, 2.45) is 0 Å². The van der Waals surface area contributed by atoms with E-state index in [1.807, 2.05) is 0 Å². The molecule has 9 nitrogen and oxygen atoms in total. The molecule has 11 heteroatoms. The average molecular weight is 482 g/mol. The van der Waals surface area contributed by atoms with Crippen LogP contribution in [0.3, 0.4) is 0 Å². The first-order valence-corrected chi connectivity index (χ1v) is 13.1. The van der Waals surface area contributed by atoms with Crippen LogP contribution in [0.4, 0.5) is 5.69 Å². The van der Waals surface area contributed by atoms with Crippen LogP contribution in [0.25, 0.3) is 0 Å². The van der Waals surface area contributed by atoms with Gasteiger partial charge in [0.15, 0.2) is 0 Å². The number of methoxy groups -OCH3 is 1. The van der Waals surface area contributed by atoms with Crippen LogP contribution >= 0.6 is 0 Å². The molecule has 174 valence electrons. The van der Waals surface area contributed by atoms with Crippen LogP contribution in [0.5, 0.6) is 5.75 Å². The number of carbonyl (C=O) groups excluding carboxylic acids is 1. The van der Waals surface area contributed by atoms with Crippen LogP contribution in [0.15, 0.2) is 58.3 Å². The van der Waals surface area contributed by atoms with Gasteiger partial charge in [0, 0.05) is 33.1 Å². The summed E-state index contributed by atoms with van der Waals surface area (Å²) in [7, 11) is -5.20. The highest BCUT2D eigenvalue weighted by molar-refractivity contribution is 7.92. The molecule has 1 fully saturated rings. The Morgan fingerprint density at radius 1 is 1.03 bits per heavy atom. The lowest BCUT2D eigenvalue weighted by Crippen LogP contribution is -2.33. The number of ether oxygens (including phenoxy) is 1. The molecule has 0 atom stereocenters. The molecule has 0 aliphatic carbocycles. The Kier molecular flexibility index (Phi) is 7.42. The number of sulfonamides is 2. The Morgan fingerprint density at radius 3 is 2.31 bits per heavy atom. The summed E-state index contributed by atoms with van der Waals surface area (Å²) in [6.07, 6.45) is 1.99. The van der Waals surface area contributed by atoms with Gasteiger partial charge in [0.05, 0.1) is 22.6 Å². The van der Waals surface area contributed by atoms with Gasteiger partial charge in [-0.3, -0.25) is 9.10 Å². The Balaban J connectivity index is 1.81. The lowest BCUT2D eigenvalue weighted by atomic mass is 10.3. The monoisotopic (exact) mass is 481 g/mol. The number of anilines is 1. The Morgan fingerprint density at radius 2 is 1.69 bits per heavy atom. The number of carbonyl (C=O) groups is 1. The second kappa shape index (κ2) is 9.88. The molecule has 0 bridgehead atoms. The summed E-state index contributed by atoms with van der Waals surface area (Å²) in [5, 5.41) is 0. The molecule has 0 aromatic heterocycles. The molecule has 1 aliphatic heterocycles. The first-order chi connectivity index (χ1) is 15.2. The average Bonchev–Trinajstić information content (AvgIpc) is 3.33. The van der Waals surface area contributed by atoms with Crippen molar-refractivity contribution in [2.75, 3.05) is 38.1 Å². The van der Waals surface area contributed by atoms with Gasteiger partial charge >= 0.3 is 0 Å². The van der Waals surface area contributed by atoms with Gasteiger partial charge in [-0.1, -0.05) is 18.2 Å². The Hall–Kier alpha value is -2.63. The number of likely N-dealkylation sites (tertiary alicyclic amines) is 1. The smallest absolute Gasteiger partial charge is 0.264 e. The number of hydrogen-bond donors (Lipinski definition) is 1. The number of nitrogens with zero attached hydrogens (tertiary/aromatic N) is 2. The summed E-state index contributed by atoms with van der Waals surface area (Å²) in [5.41, 5.74) is 0.0763.